The van der Waals surface area contributed by atoms with E-state index in [0.29, 0.717) is 0 Å². The molecule has 0 aromatic rings. The normalized spacial score (nSPS) is 12.1. The summed E-state index contributed by atoms with van der Waals surface area (Å²) in [6.07, 6.45) is -0.298. The highest BCUT2D eigenvalue weighted by atomic mass is 16.6. The van der Waals surface area contributed by atoms with Crippen LogP contribution < -0.4 is 0 Å². The minimum Gasteiger partial charge on any atom is -0.447 e. The minimum absolute atomic E-state index is 0.0638. The molecule has 0 bridgehead atoms. The zero-order valence-electron chi connectivity index (χ0n) is 10.4. The van der Waals surface area contributed by atoms with Crippen molar-refractivity contribution >= 4 is 6.09 Å². The van der Waals surface area contributed by atoms with Gasteiger partial charge in [0.2, 0.25) is 0 Å². The van der Waals surface area contributed by atoms with Crippen molar-refractivity contribution in [2.24, 2.45) is 0 Å². The van der Waals surface area contributed by atoms with Crippen LogP contribution in [0.25, 0.3) is 0 Å². The molecule has 1 amide bonds. The minimum atomic E-state index is -0.234. The number of hydrogen-bond donors (Lipinski definition) is 0. The number of rotatable bonds is 2. The maximum Gasteiger partial charge on any atom is 0.410 e. The quantitative estimate of drug-likeness (QED) is 0.687. The van der Waals surface area contributed by atoms with Gasteiger partial charge in [-0.25, -0.2) is 4.79 Å². The van der Waals surface area contributed by atoms with Crippen LogP contribution in [0, 0.1) is 0 Å². The zero-order chi connectivity index (χ0) is 11.5. The third-order valence-electron chi connectivity index (χ3n) is 1.77. The molecule has 14 heavy (non-hydrogen) atoms. The topological polar surface area (TPSA) is 29.5 Å². The third kappa shape index (κ3) is 3.99. The maximum absolute atomic E-state index is 11.7. The number of nitrogens with zero attached hydrogens (tertiary/aromatic N) is 1. The van der Waals surface area contributed by atoms with Gasteiger partial charge in [0.25, 0.3) is 0 Å². The Hall–Kier alpha value is -0.730. The molecule has 0 saturated carbocycles. The summed E-state index contributed by atoms with van der Waals surface area (Å²) in [4.78, 5) is 13.5. The van der Waals surface area contributed by atoms with Crippen LogP contribution in [0.15, 0.2) is 0 Å². The number of ether oxygens (including phenoxy) is 1. The molecule has 0 radical (unpaired) electrons. The molecule has 0 N–H and O–H groups in total. The van der Waals surface area contributed by atoms with Gasteiger partial charge in [-0.15, -0.1) is 0 Å². The molecule has 0 saturated heterocycles. The van der Waals surface area contributed by atoms with E-state index < -0.39 is 0 Å². The molecule has 0 spiro atoms. The van der Waals surface area contributed by atoms with Crippen molar-refractivity contribution in [3.8, 4) is 0 Å². The fraction of sp³-hybridized carbons (Fsp3) is 0.909. The molecule has 3 nitrogen and oxygen atoms in total. The smallest absolute Gasteiger partial charge is 0.410 e. The number of carbonyl (C=O) groups excluding carboxylic acids is 1. The molecule has 0 aliphatic heterocycles. The van der Waals surface area contributed by atoms with E-state index in [1.165, 1.54) is 0 Å². The largest absolute Gasteiger partial charge is 0.447 e. The molecular formula is C11H23NO2. The van der Waals surface area contributed by atoms with Crippen LogP contribution in [0.2, 0.25) is 0 Å². The van der Waals surface area contributed by atoms with E-state index in [4.69, 9.17) is 4.74 Å². The van der Waals surface area contributed by atoms with E-state index in [-0.39, 0.29) is 23.8 Å². The highest BCUT2D eigenvalue weighted by molar-refractivity contribution is 5.69. The van der Waals surface area contributed by atoms with E-state index in [1.807, 2.05) is 48.5 Å². The summed E-state index contributed by atoms with van der Waals surface area (Å²) < 4.78 is 5.19. The predicted octanol–water partition coefficient (Wildman–Crippen LogP) is 3.04. The van der Waals surface area contributed by atoms with Crippen molar-refractivity contribution < 1.29 is 9.53 Å². The molecule has 0 aliphatic carbocycles. The Balaban J connectivity index is 4.60. The Morgan fingerprint density at radius 3 is 1.79 bits per heavy atom. The van der Waals surface area contributed by atoms with Gasteiger partial charge in [-0.1, -0.05) is 0 Å². The molecule has 0 unspecified atom stereocenters. The van der Waals surface area contributed by atoms with Crippen LogP contribution in [0.1, 0.15) is 48.5 Å². The lowest BCUT2D eigenvalue weighted by atomic mass is 10.0. The monoisotopic (exact) mass is 201 g/mol. The van der Waals surface area contributed by atoms with E-state index >= 15 is 0 Å². The lowest BCUT2D eigenvalue weighted by molar-refractivity contribution is 0.0347. The van der Waals surface area contributed by atoms with Gasteiger partial charge in [0.1, 0.15) is 0 Å². The van der Waals surface area contributed by atoms with Crippen molar-refractivity contribution in [1.82, 2.24) is 4.90 Å². The van der Waals surface area contributed by atoms with Crippen LogP contribution in [0.4, 0.5) is 4.79 Å². The van der Waals surface area contributed by atoms with Gasteiger partial charge in [0, 0.05) is 11.6 Å². The van der Waals surface area contributed by atoms with Gasteiger partial charge in [-0.05, 0) is 48.5 Å². The summed E-state index contributed by atoms with van der Waals surface area (Å²) in [5, 5.41) is 0. The van der Waals surface area contributed by atoms with Crippen LogP contribution in [-0.2, 0) is 4.74 Å². The van der Waals surface area contributed by atoms with Gasteiger partial charge in [0.15, 0.2) is 0 Å². The fourth-order valence-electron chi connectivity index (χ4n) is 1.52. The first-order valence-electron chi connectivity index (χ1n) is 5.16. The lowest BCUT2D eigenvalue weighted by Gasteiger charge is -2.38. The Morgan fingerprint density at radius 2 is 1.57 bits per heavy atom. The molecule has 0 atom stereocenters. The van der Waals surface area contributed by atoms with Gasteiger partial charge in [-0.2, -0.15) is 0 Å². The maximum atomic E-state index is 11.7. The Morgan fingerprint density at radius 1 is 1.14 bits per heavy atom. The average molecular weight is 201 g/mol. The lowest BCUT2D eigenvalue weighted by Crippen LogP contribution is -2.50. The molecule has 0 fully saturated rings. The molecule has 0 aromatic carbocycles. The number of amides is 1. The molecule has 3 heteroatoms. The van der Waals surface area contributed by atoms with E-state index in [2.05, 4.69) is 0 Å². The summed E-state index contributed by atoms with van der Waals surface area (Å²) in [5.74, 6) is 0. The van der Waals surface area contributed by atoms with Crippen molar-refractivity contribution in [2.75, 3.05) is 0 Å². The predicted molar refractivity (Wildman–Crippen MR) is 58.3 cm³/mol. The second-order valence-electron chi connectivity index (χ2n) is 5.07. The van der Waals surface area contributed by atoms with Gasteiger partial charge in [0.05, 0.1) is 6.10 Å². The molecule has 0 rings (SSSR count). The Labute approximate surface area is 87.4 Å². The zero-order valence-corrected chi connectivity index (χ0v) is 10.4. The second-order valence-corrected chi connectivity index (χ2v) is 5.07. The highest BCUT2D eigenvalue weighted by Crippen LogP contribution is 2.18. The fourth-order valence-corrected chi connectivity index (χ4v) is 1.52. The molecule has 0 aliphatic rings. The summed E-state index contributed by atoms with van der Waals surface area (Å²) in [7, 11) is 0. The van der Waals surface area contributed by atoms with Crippen LogP contribution in [0.5, 0.6) is 0 Å². The molecule has 84 valence electrons. The van der Waals surface area contributed by atoms with Crippen LogP contribution >= 0.6 is 0 Å². The summed E-state index contributed by atoms with van der Waals surface area (Å²) in [6.45, 7) is 13.7. The second kappa shape index (κ2) is 4.67. The first kappa shape index (κ1) is 13.3. The number of hydrogen-bond acceptors (Lipinski definition) is 2. The molecule has 0 aromatic heterocycles. The number of carbonyl (C=O) groups is 1. The van der Waals surface area contributed by atoms with Crippen LogP contribution in [0.3, 0.4) is 0 Å². The summed E-state index contributed by atoms with van der Waals surface area (Å²) in [6, 6.07) is 0.154. The van der Waals surface area contributed by atoms with Gasteiger partial charge in [-0.3, -0.25) is 0 Å². The highest BCUT2D eigenvalue weighted by Gasteiger charge is 2.30. The van der Waals surface area contributed by atoms with Gasteiger partial charge >= 0.3 is 6.09 Å². The van der Waals surface area contributed by atoms with E-state index in [0.717, 1.165) is 0 Å². The Kier molecular flexibility index (Phi) is 4.43. The van der Waals surface area contributed by atoms with E-state index in [9.17, 15) is 4.79 Å². The first-order chi connectivity index (χ1) is 6.16. The van der Waals surface area contributed by atoms with Crippen molar-refractivity contribution in [1.29, 1.82) is 0 Å². The standard InChI is InChI=1S/C11H23NO2/c1-8(2)12(11(5,6)7)10(13)14-9(3)4/h8-9H,1-7H3. The third-order valence-corrected chi connectivity index (χ3v) is 1.77. The summed E-state index contributed by atoms with van der Waals surface area (Å²) >= 11 is 0. The van der Waals surface area contributed by atoms with Crippen molar-refractivity contribution in [2.45, 2.75) is 66.2 Å². The Bertz CT molecular complexity index is 192. The SMILES string of the molecule is CC(C)OC(=O)N(C(C)C)C(C)(C)C. The molecular weight excluding hydrogens is 178 g/mol. The van der Waals surface area contributed by atoms with Gasteiger partial charge < -0.3 is 9.64 Å². The van der Waals surface area contributed by atoms with Crippen LogP contribution in [-0.4, -0.2) is 28.7 Å². The van der Waals surface area contributed by atoms with Crippen molar-refractivity contribution in [3.63, 3.8) is 0 Å². The first-order valence-corrected chi connectivity index (χ1v) is 5.16. The average Bonchev–Trinajstić information content (AvgIpc) is 1.78. The molecule has 0 heterocycles. The summed E-state index contributed by atoms with van der Waals surface area (Å²) in [5.41, 5.74) is -0.194. The van der Waals surface area contributed by atoms with Crippen molar-refractivity contribution in [3.05, 3.63) is 0 Å². The van der Waals surface area contributed by atoms with E-state index in [1.54, 1.807) is 4.90 Å².